The van der Waals surface area contributed by atoms with Crippen LogP contribution >= 0.6 is 15.9 Å². The lowest BCUT2D eigenvalue weighted by Gasteiger charge is -2.06. The molecule has 0 atom stereocenters. The monoisotopic (exact) mass is 400 g/mol. The molecule has 0 saturated heterocycles. The molecule has 0 radical (unpaired) electrons. The Morgan fingerprint density at radius 2 is 1.92 bits per heavy atom. The largest absolute Gasteiger partial charge is 0.484 e. The average Bonchev–Trinajstić information content (AvgIpc) is 2.54. The van der Waals surface area contributed by atoms with Crippen molar-refractivity contribution >= 4 is 28.1 Å². The van der Waals surface area contributed by atoms with Crippen LogP contribution in [-0.2, 0) is 11.0 Å². The molecule has 0 bridgehead atoms. The van der Waals surface area contributed by atoms with Gasteiger partial charge in [0, 0.05) is 4.47 Å². The number of rotatable bonds is 5. The molecule has 4 nitrogen and oxygen atoms in total. The Kier molecular flexibility index (Phi) is 5.97. The molecule has 2 aromatic carbocycles. The molecule has 0 fully saturated rings. The minimum Gasteiger partial charge on any atom is -0.484 e. The number of hydrazone groups is 1. The summed E-state index contributed by atoms with van der Waals surface area (Å²) < 4.78 is 43.8. The van der Waals surface area contributed by atoms with E-state index in [2.05, 4.69) is 26.5 Å². The van der Waals surface area contributed by atoms with E-state index in [4.69, 9.17) is 4.74 Å². The smallest absolute Gasteiger partial charge is 0.416 e. The zero-order chi connectivity index (χ0) is 17.6. The summed E-state index contributed by atoms with van der Waals surface area (Å²) in [5.41, 5.74) is 1.63. The van der Waals surface area contributed by atoms with E-state index in [9.17, 15) is 18.0 Å². The van der Waals surface area contributed by atoms with E-state index < -0.39 is 17.6 Å². The Morgan fingerprint density at radius 1 is 1.21 bits per heavy atom. The topological polar surface area (TPSA) is 50.7 Å². The van der Waals surface area contributed by atoms with Crippen LogP contribution in [0.15, 0.2) is 58.1 Å². The highest BCUT2D eigenvalue weighted by Gasteiger charge is 2.30. The summed E-state index contributed by atoms with van der Waals surface area (Å²) in [6.45, 7) is -0.262. The number of carbonyl (C=O) groups is 1. The summed E-state index contributed by atoms with van der Waals surface area (Å²) in [5.74, 6) is -0.0173. The summed E-state index contributed by atoms with van der Waals surface area (Å²) in [6.07, 6.45) is -3.29. The first kappa shape index (κ1) is 18.0. The summed E-state index contributed by atoms with van der Waals surface area (Å²) in [4.78, 5) is 11.6. The first-order valence-corrected chi connectivity index (χ1v) is 7.51. The van der Waals surface area contributed by atoms with Crippen LogP contribution in [0.3, 0.4) is 0 Å². The van der Waals surface area contributed by atoms with Gasteiger partial charge in [0.1, 0.15) is 5.75 Å². The Balaban J connectivity index is 1.85. The molecule has 1 amide bonds. The molecular weight excluding hydrogens is 389 g/mol. The number of nitrogens with zero attached hydrogens (tertiary/aromatic N) is 1. The fourth-order valence-electron chi connectivity index (χ4n) is 1.69. The number of benzene rings is 2. The highest BCUT2D eigenvalue weighted by molar-refractivity contribution is 9.10. The van der Waals surface area contributed by atoms with E-state index in [-0.39, 0.29) is 12.2 Å². The van der Waals surface area contributed by atoms with Crippen LogP contribution in [0.2, 0.25) is 0 Å². The van der Waals surface area contributed by atoms with Gasteiger partial charge >= 0.3 is 6.18 Å². The second kappa shape index (κ2) is 7.96. The predicted molar refractivity (Wildman–Crippen MR) is 86.8 cm³/mol. The lowest BCUT2D eigenvalue weighted by atomic mass is 10.1. The molecule has 0 aliphatic heterocycles. The van der Waals surface area contributed by atoms with Crippen molar-refractivity contribution < 1.29 is 22.7 Å². The number of halogens is 4. The molecule has 0 saturated carbocycles. The van der Waals surface area contributed by atoms with E-state index >= 15 is 0 Å². The minimum absolute atomic E-state index is 0.221. The molecule has 2 rings (SSSR count). The summed E-state index contributed by atoms with van der Waals surface area (Å²) >= 11 is 3.27. The van der Waals surface area contributed by atoms with Crippen molar-refractivity contribution in [2.75, 3.05) is 6.61 Å². The van der Waals surface area contributed by atoms with Gasteiger partial charge in [0.25, 0.3) is 5.91 Å². The molecule has 2 aromatic rings. The van der Waals surface area contributed by atoms with Gasteiger partial charge in [-0.25, -0.2) is 5.43 Å². The fourth-order valence-corrected chi connectivity index (χ4v) is 1.95. The molecule has 0 aliphatic carbocycles. The average molecular weight is 401 g/mol. The molecule has 24 heavy (non-hydrogen) atoms. The molecule has 0 spiro atoms. The van der Waals surface area contributed by atoms with E-state index in [1.54, 1.807) is 24.3 Å². The summed E-state index contributed by atoms with van der Waals surface area (Å²) in [5, 5.41) is 3.61. The highest BCUT2D eigenvalue weighted by atomic mass is 79.9. The minimum atomic E-state index is -4.42. The van der Waals surface area contributed by atoms with Gasteiger partial charge in [0.15, 0.2) is 6.61 Å². The number of carbonyl (C=O) groups excluding carboxylic acids is 1. The molecule has 0 unspecified atom stereocenters. The fraction of sp³-hybridized carbons (Fsp3) is 0.125. The van der Waals surface area contributed by atoms with Crippen molar-refractivity contribution in [3.05, 3.63) is 64.1 Å². The predicted octanol–water partition coefficient (Wildman–Crippen LogP) is 4.00. The number of amides is 1. The van der Waals surface area contributed by atoms with Gasteiger partial charge < -0.3 is 4.74 Å². The van der Waals surface area contributed by atoms with Crippen molar-refractivity contribution in [2.45, 2.75) is 6.18 Å². The number of hydrogen-bond donors (Lipinski definition) is 1. The van der Waals surface area contributed by atoms with Crippen LogP contribution < -0.4 is 10.2 Å². The van der Waals surface area contributed by atoms with Crippen LogP contribution in [0.25, 0.3) is 0 Å². The summed E-state index contributed by atoms with van der Waals surface area (Å²) in [7, 11) is 0. The van der Waals surface area contributed by atoms with Gasteiger partial charge in [-0.05, 0) is 42.0 Å². The lowest BCUT2D eigenvalue weighted by Crippen LogP contribution is -2.24. The van der Waals surface area contributed by atoms with Crippen molar-refractivity contribution in [3.8, 4) is 5.75 Å². The van der Waals surface area contributed by atoms with Crippen molar-refractivity contribution in [1.82, 2.24) is 5.43 Å². The number of alkyl halides is 3. The van der Waals surface area contributed by atoms with Crippen LogP contribution in [0.5, 0.6) is 5.75 Å². The standard InChI is InChI=1S/C16H12BrF3N2O2/c17-13-4-6-14(7-5-13)24-10-15(23)22-21-9-11-2-1-3-12(8-11)16(18,19)20/h1-9H,10H2,(H,22,23)/b21-9-. The normalized spacial score (nSPS) is 11.5. The Hall–Kier alpha value is -2.35. The van der Waals surface area contributed by atoms with Crippen LogP contribution in [-0.4, -0.2) is 18.7 Å². The zero-order valence-electron chi connectivity index (χ0n) is 12.2. The first-order valence-electron chi connectivity index (χ1n) is 6.72. The molecule has 0 heterocycles. The van der Waals surface area contributed by atoms with Gasteiger partial charge in [0.05, 0.1) is 11.8 Å². The zero-order valence-corrected chi connectivity index (χ0v) is 13.8. The Morgan fingerprint density at radius 3 is 2.58 bits per heavy atom. The van der Waals surface area contributed by atoms with Gasteiger partial charge in [-0.3, -0.25) is 4.79 Å². The van der Waals surface area contributed by atoms with E-state index in [1.165, 1.54) is 12.1 Å². The number of ether oxygens (including phenoxy) is 1. The molecule has 126 valence electrons. The summed E-state index contributed by atoms with van der Waals surface area (Å²) in [6, 6.07) is 11.5. The van der Waals surface area contributed by atoms with E-state index in [0.717, 1.165) is 22.8 Å². The van der Waals surface area contributed by atoms with E-state index in [0.29, 0.717) is 5.75 Å². The molecular formula is C16H12BrF3N2O2. The van der Waals surface area contributed by atoms with Crippen LogP contribution in [0, 0.1) is 0 Å². The molecule has 1 N–H and O–H groups in total. The number of nitrogens with one attached hydrogen (secondary N) is 1. The second-order valence-electron chi connectivity index (χ2n) is 4.66. The lowest BCUT2D eigenvalue weighted by molar-refractivity contribution is -0.137. The quantitative estimate of drug-likeness (QED) is 0.609. The molecule has 0 aromatic heterocycles. The van der Waals surface area contributed by atoms with Crippen molar-refractivity contribution in [2.24, 2.45) is 5.10 Å². The molecule has 0 aliphatic rings. The van der Waals surface area contributed by atoms with E-state index in [1.807, 2.05) is 0 Å². The third-order valence-corrected chi connectivity index (χ3v) is 3.33. The van der Waals surface area contributed by atoms with Crippen LogP contribution in [0.4, 0.5) is 13.2 Å². The third-order valence-electron chi connectivity index (χ3n) is 2.80. The molecule has 8 heteroatoms. The maximum Gasteiger partial charge on any atom is 0.416 e. The first-order chi connectivity index (χ1) is 11.3. The maximum absolute atomic E-state index is 12.6. The van der Waals surface area contributed by atoms with Crippen molar-refractivity contribution in [3.63, 3.8) is 0 Å². The third kappa shape index (κ3) is 5.69. The SMILES string of the molecule is O=C(COc1ccc(Br)cc1)N/N=C\c1cccc(C(F)(F)F)c1. The number of hydrogen-bond acceptors (Lipinski definition) is 3. The van der Waals surface area contributed by atoms with Crippen LogP contribution in [0.1, 0.15) is 11.1 Å². The highest BCUT2D eigenvalue weighted by Crippen LogP contribution is 2.29. The maximum atomic E-state index is 12.6. The van der Waals surface area contributed by atoms with Gasteiger partial charge in [-0.2, -0.15) is 18.3 Å². The van der Waals surface area contributed by atoms with Gasteiger partial charge in [-0.15, -0.1) is 0 Å². The Labute approximate surface area is 144 Å². The second-order valence-corrected chi connectivity index (χ2v) is 5.57. The Bertz CT molecular complexity index is 731. The van der Waals surface area contributed by atoms with Gasteiger partial charge in [0.2, 0.25) is 0 Å². The van der Waals surface area contributed by atoms with Gasteiger partial charge in [-0.1, -0.05) is 28.1 Å². The van der Waals surface area contributed by atoms with Crippen molar-refractivity contribution in [1.29, 1.82) is 0 Å².